The van der Waals surface area contributed by atoms with Gasteiger partial charge in [-0.15, -0.1) is 0 Å². The minimum atomic E-state index is -0.354. The summed E-state index contributed by atoms with van der Waals surface area (Å²) in [4.78, 5) is 11.0. The molecule has 15 heavy (non-hydrogen) atoms. The van der Waals surface area contributed by atoms with Gasteiger partial charge in [0.15, 0.2) is 0 Å². The Morgan fingerprint density at radius 2 is 2.27 bits per heavy atom. The van der Waals surface area contributed by atoms with Gasteiger partial charge >= 0.3 is 5.97 Å². The van der Waals surface area contributed by atoms with Gasteiger partial charge in [-0.25, -0.2) is 4.79 Å². The zero-order valence-corrected chi connectivity index (χ0v) is 9.93. The molecule has 0 spiro atoms. The van der Waals surface area contributed by atoms with Crippen LogP contribution in [0.1, 0.15) is 32.6 Å². The van der Waals surface area contributed by atoms with Crippen LogP contribution in [0, 0.1) is 11.3 Å². The average molecular weight is 227 g/mol. The lowest BCUT2D eigenvalue weighted by atomic mass is 10.1. The maximum atomic E-state index is 11.0. The maximum absolute atomic E-state index is 11.0. The van der Waals surface area contributed by atoms with Crippen molar-refractivity contribution in [1.29, 1.82) is 5.26 Å². The van der Waals surface area contributed by atoms with Crippen LogP contribution in [0.2, 0.25) is 0 Å². The van der Waals surface area contributed by atoms with Crippen LogP contribution in [0.4, 0.5) is 0 Å². The number of unbranched alkanes of at least 4 members (excludes halogenated alkanes) is 1. The number of nitriles is 1. The number of rotatable bonds is 7. The third-order valence-electron chi connectivity index (χ3n) is 1.86. The number of carbonyl (C=O) groups is 1. The largest absolute Gasteiger partial charge is 0.462 e. The van der Waals surface area contributed by atoms with E-state index in [-0.39, 0.29) is 11.2 Å². The van der Waals surface area contributed by atoms with Crippen LogP contribution in [0.3, 0.4) is 0 Å². The molecular weight excluding hydrogens is 210 g/mol. The second-order valence-electron chi connectivity index (χ2n) is 3.41. The molecule has 0 heterocycles. The fourth-order valence-corrected chi connectivity index (χ4v) is 1.26. The number of hydrogen-bond donors (Lipinski definition) is 1. The highest BCUT2D eigenvalue weighted by Gasteiger charge is 2.06. The van der Waals surface area contributed by atoms with Crippen molar-refractivity contribution in [2.24, 2.45) is 0 Å². The molecule has 0 saturated heterocycles. The van der Waals surface area contributed by atoms with Crippen molar-refractivity contribution in [1.82, 2.24) is 0 Å². The fraction of sp³-hybridized carbons (Fsp3) is 0.636. The Balaban J connectivity index is 3.47. The van der Waals surface area contributed by atoms with E-state index in [1.54, 1.807) is 6.92 Å². The molecule has 0 N–H and O–H groups in total. The van der Waals surface area contributed by atoms with Crippen LogP contribution in [-0.2, 0) is 9.53 Å². The van der Waals surface area contributed by atoms with Gasteiger partial charge in [-0.05, 0) is 26.2 Å². The van der Waals surface area contributed by atoms with Gasteiger partial charge in [-0.1, -0.05) is 6.58 Å². The van der Waals surface area contributed by atoms with E-state index < -0.39 is 0 Å². The quantitative estimate of drug-likeness (QED) is 0.314. The monoisotopic (exact) mass is 227 g/mol. The first-order valence-corrected chi connectivity index (χ1v) is 5.47. The summed E-state index contributed by atoms with van der Waals surface area (Å²) in [5, 5.41) is 8.53. The fourth-order valence-electron chi connectivity index (χ4n) is 0.972. The van der Waals surface area contributed by atoms with Crippen molar-refractivity contribution in [3.8, 4) is 6.07 Å². The van der Waals surface area contributed by atoms with Crippen LogP contribution in [0.25, 0.3) is 0 Å². The van der Waals surface area contributed by atoms with Crippen molar-refractivity contribution >= 4 is 18.6 Å². The summed E-state index contributed by atoms with van der Waals surface area (Å²) in [6, 6.07) is 2.08. The van der Waals surface area contributed by atoms with E-state index in [0.717, 1.165) is 12.8 Å². The first kappa shape index (κ1) is 14.1. The van der Waals surface area contributed by atoms with Crippen LogP contribution >= 0.6 is 12.6 Å². The zero-order valence-electron chi connectivity index (χ0n) is 9.03. The Morgan fingerprint density at radius 3 is 2.80 bits per heavy atom. The van der Waals surface area contributed by atoms with Gasteiger partial charge in [0.2, 0.25) is 0 Å². The molecule has 0 aliphatic heterocycles. The Bertz CT molecular complexity index is 258. The predicted octanol–water partition coefficient (Wildman–Crippen LogP) is 2.49. The van der Waals surface area contributed by atoms with Gasteiger partial charge in [-0.3, -0.25) is 0 Å². The zero-order chi connectivity index (χ0) is 11.7. The van der Waals surface area contributed by atoms with Gasteiger partial charge in [-0.2, -0.15) is 17.9 Å². The number of nitrogens with zero attached hydrogens (tertiary/aromatic N) is 1. The Kier molecular flexibility index (Phi) is 7.84. The smallest absolute Gasteiger partial charge is 0.333 e. The van der Waals surface area contributed by atoms with E-state index in [1.165, 1.54) is 0 Å². The van der Waals surface area contributed by atoms with E-state index in [9.17, 15) is 4.79 Å². The molecule has 0 bridgehead atoms. The molecule has 0 radical (unpaired) electrons. The Morgan fingerprint density at radius 1 is 1.60 bits per heavy atom. The second-order valence-corrected chi connectivity index (χ2v) is 4.14. The number of esters is 1. The lowest BCUT2D eigenvalue weighted by molar-refractivity contribution is -0.139. The predicted molar refractivity (Wildman–Crippen MR) is 62.6 cm³/mol. The van der Waals surface area contributed by atoms with E-state index in [2.05, 4.69) is 25.3 Å². The van der Waals surface area contributed by atoms with Crippen molar-refractivity contribution in [2.75, 3.05) is 6.61 Å². The Labute approximate surface area is 96.5 Å². The van der Waals surface area contributed by atoms with Gasteiger partial charge in [0, 0.05) is 17.2 Å². The third-order valence-corrected chi connectivity index (χ3v) is 2.38. The lowest BCUT2D eigenvalue weighted by Crippen LogP contribution is -2.10. The van der Waals surface area contributed by atoms with Gasteiger partial charge in [0.1, 0.15) is 0 Å². The highest BCUT2D eigenvalue weighted by atomic mass is 32.1. The summed E-state index contributed by atoms with van der Waals surface area (Å²) in [6.07, 6.45) is 3.00. The number of carbonyl (C=O) groups excluding carboxylic acids is 1. The molecule has 1 atom stereocenters. The van der Waals surface area contributed by atoms with E-state index in [1.807, 2.05) is 0 Å². The molecule has 0 amide bonds. The van der Waals surface area contributed by atoms with E-state index in [4.69, 9.17) is 10.00 Å². The SMILES string of the molecule is C=C(C)C(=O)OCCC(S)CCCC#N. The first-order chi connectivity index (χ1) is 7.07. The van der Waals surface area contributed by atoms with E-state index >= 15 is 0 Å². The summed E-state index contributed by atoms with van der Waals surface area (Å²) >= 11 is 4.33. The molecule has 0 aliphatic carbocycles. The number of ether oxygens (including phenoxy) is 1. The lowest BCUT2D eigenvalue weighted by Gasteiger charge is -2.09. The second kappa shape index (κ2) is 8.37. The topological polar surface area (TPSA) is 50.1 Å². The summed E-state index contributed by atoms with van der Waals surface area (Å²) in [7, 11) is 0. The van der Waals surface area contributed by atoms with Gasteiger partial charge in [0.25, 0.3) is 0 Å². The van der Waals surface area contributed by atoms with Crippen LogP contribution in [0.5, 0.6) is 0 Å². The molecule has 1 unspecified atom stereocenters. The minimum Gasteiger partial charge on any atom is -0.462 e. The summed E-state index contributed by atoms with van der Waals surface area (Å²) < 4.78 is 4.93. The van der Waals surface area contributed by atoms with Crippen molar-refractivity contribution in [2.45, 2.75) is 37.9 Å². The molecule has 0 aromatic heterocycles. The van der Waals surface area contributed by atoms with Crippen LogP contribution in [-0.4, -0.2) is 17.8 Å². The number of hydrogen-bond acceptors (Lipinski definition) is 4. The van der Waals surface area contributed by atoms with Gasteiger partial charge < -0.3 is 4.74 Å². The molecular formula is C11H17NO2S. The summed E-state index contributed by atoms with van der Waals surface area (Å²) in [5.41, 5.74) is 0.412. The Hall–Kier alpha value is -0.950. The first-order valence-electron chi connectivity index (χ1n) is 4.95. The standard InChI is InChI=1S/C11H17NO2S/c1-9(2)11(13)14-8-6-10(15)5-3-4-7-12/h10,15H,1,3-6,8H2,2H3. The molecule has 0 saturated carbocycles. The molecule has 0 aromatic rings. The van der Waals surface area contributed by atoms with Crippen molar-refractivity contribution in [3.05, 3.63) is 12.2 Å². The third kappa shape index (κ3) is 8.07. The summed E-state index contributed by atoms with van der Waals surface area (Å²) in [6.45, 7) is 5.47. The molecule has 4 heteroatoms. The molecule has 0 rings (SSSR count). The molecule has 3 nitrogen and oxygen atoms in total. The number of thiol groups is 1. The normalized spacial score (nSPS) is 11.5. The highest BCUT2D eigenvalue weighted by molar-refractivity contribution is 7.80. The van der Waals surface area contributed by atoms with Gasteiger partial charge in [0.05, 0.1) is 12.7 Å². The van der Waals surface area contributed by atoms with Crippen molar-refractivity contribution in [3.63, 3.8) is 0 Å². The maximum Gasteiger partial charge on any atom is 0.333 e. The molecule has 84 valence electrons. The molecule has 0 aliphatic rings. The van der Waals surface area contributed by atoms with Crippen LogP contribution in [0.15, 0.2) is 12.2 Å². The van der Waals surface area contributed by atoms with Crippen LogP contribution < -0.4 is 0 Å². The molecule has 0 aromatic carbocycles. The van der Waals surface area contributed by atoms with E-state index in [0.29, 0.717) is 25.0 Å². The van der Waals surface area contributed by atoms with Crippen molar-refractivity contribution < 1.29 is 9.53 Å². The average Bonchev–Trinajstić information content (AvgIpc) is 2.18. The minimum absolute atomic E-state index is 0.191. The highest BCUT2D eigenvalue weighted by Crippen LogP contribution is 2.11. The molecule has 0 fully saturated rings. The summed E-state index contributed by atoms with van der Waals surface area (Å²) in [5.74, 6) is -0.354.